The third-order valence-electron chi connectivity index (χ3n) is 2.47. The van der Waals surface area contributed by atoms with Crippen molar-refractivity contribution < 1.29 is 5.11 Å². The molecule has 0 saturated heterocycles. The van der Waals surface area contributed by atoms with E-state index in [-0.39, 0.29) is 0 Å². The van der Waals surface area contributed by atoms with Crippen molar-refractivity contribution in [1.82, 2.24) is 15.1 Å². The Hall–Kier alpha value is -1.17. The Balaban J connectivity index is 1.58. The maximum atomic E-state index is 9.76. The van der Waals surface area contributed by atoms with Crippen LogP contribution in [-0.4, -0.2) is 34.1 Å². The number of nitrogens with zero attached hydrogens (tertiary/aromatic N) is 2. The third kappa shape index (κ3) is 4.30. The fraction of sp³-hybridized carbons (Fsp3) is 0.417. The second-order valence-electron chi connectivity index (χ2n) is 3.92. The molecule has 0 saturated carbocycles. The zero-order chi connectivity index (χ0) is 11.9. The SMILES string of the molecule is OC(CNCCc1cccs1)Cn1cccn1. The minimum absolute atomic E-state index is 0.391. The van der Waals surface area contributed by atoms with Crippen molar-refractivity contribution in [3.8, 4) is 0 Å². The Morgan fingerprint density at radius 2 is 2.41 bits per heavy atom. The van der Waals surface area contributed by atoms with Crippen LogP contribution in [0.15, 0.2) is 36.0 Å². The van der Waals surface area contributed by atoms with E-state index in [4.69, 9.17) is 0 Å². The zero-order valence-corrected chi connectivity index (χ0v) is 10.4. The van der Waals surface area contributed by atoms with E-state index in [2.05, 4.69) is 27.9 Å². The van der Waals surface area contributed by atoms with E-state index < -0.39 is 6.10 Å². The van der Waals surface area contributed by atoms with Gasteiger partial charge in [0.2, 0.25) is 0 Å². The number of aromatic nitrogens is 2. The van der Waals surface area contributed by atoms with Gasteiger partial charge in [0.05, 0.1) is 12.6 Å². The summed E-state index contributed by atoms with van der Waals surface area (Å²) < 4.78 is 1.74. The van der Waals surface area contributed by atoms with Gasteiger partial charge >= 0.3 is 0 Å². The summed E-state index contributed by atoms with van der Waals surface area (Å²) in [6.07, 6.45) is 4.20. The summed E-state index contributed by atoms with van der Waals surface area (Å²) in [6.45, 7) is 2.04. The molecule has 2 aromatic rings. The van der Waals surface area contributed by atoms with Crippen LogP contribution < -0.4 is 5.32 Å². The average molecular weight is 251 g/mol. The van der Waals surface area contributed by atoms with Gasteiger partial charge in [-0.2, -0.15) is 5.10 Å². The Kier molecular flexibility index (Phi) is 4.73. The first-order chi connectivity index (χ1) is 8.34. The standard InChI is InChI=1S/C12H17N3OS/c16-11(10-15-7-2-5-14-15)9-13-6-4-12-3-1-8-17-12/h1-3,5,7-8,11,13,16H,4,6,9-10H2. The molecule has 5 heteroatoms. The Bertz CT molecular complexity index is 399. The largest absolute Gasteiger partial charge is 0.390 e. The second kappa shape index (κ2) is 6.54. The van der Waals surface area contributed by atoms with Crippen LogP contribution in [0.25, 0.3) is 0 Å². The highest BCUT2D eigenvalue weighted by molar-refractivity contribution is 7.09. The molecule has 1 atom stereocenters. The average Bonchev–Trinajstić information content (AvgIpc) is 2.96. The highest BCUT2D eigenvalue weighted by Crippen LogP contribution is 2.07. The van der Waals surface area contributed by atoms with Crippen molar-refractivity contribution in [3.05, 3.63) is 40.8 Å². The molecule has 92 valence electrons. The Morgan fingerprint density at radius 1 is 1.47 bits per heavy atom. The van der Waals surface area contributed by atoms with E-state index in [1.807, 2.05) is 12.3 Å². The van der Waals surface area contributed by atoms with Gasteiger partial charge in [0.15, 0.2) is 0 Å². The fourth-order valence-electron chi connectivity index (χ4n) is 1.62. The summed E-state index contributed by atoms with van der Waals surface area (Å²) >= 11 is 1.77. The van der Waals surface area contributed by atoms with Crippen LogP contribution in [0.5, 0.6) is 0 Å². The number of nitrogens with one attached hydrogen (secondary N) is 1. The highest BCUT2D eigenvalue weighted by atomic mass is 32.1. The van der Waals surface area contributed by atoms with Crippen LogP contribution in [0.2, 0.25) is 0 Å². The second-order valence-corrected chi connectivity index (χ2v) is 4.95. The predicted octanol–water partition coefficient (Wildman–Crippen LogP) is 1.14. The molecule has 0 radical (unpaired) electrons. The van der Waals surface area contributed by atoms with Crippen LogP contribution in [0.1, 0.15) is 4.88 Å². The molecule has 2 heterocycles. The number of hydrogen-bond donors (Lipinski definition) is 2. The molecule has 1 unspecified atom stereocenters. The number of aliphatic hydroxyl groups excluding tert-OH is 1. The Labute approximate surface area is 105 Å². The van der Waals surface area contributed by atoms with Crippen molar-refractivity contribution in [2.45, 2.75) is 19.1 Å². The number of aliphatic hydroxyl groups is 1. The summed E-state index contributed by atoms with van der Waals surface area (Å²) in [5.74, 6) is 0. The molecule has 4 nitrogen and oxygen atoms in total. The van der Waals surface area contributed by atoms with Gasteiger partial charge in [-0.25, -0.2) is 0 Å². The zero-order valence-electron chi connectivity index (χ0n) is 9.62. The maximum absolute atomic E-state index is 9.76. The third-order valence-corrected chi connectivity index (χ3v) is 3.40. The molecule has 0 fully saturated rings. The van der Waals surface area contributed by atoms with Crippen LogP contribution in [0.3, 0.4) is 0 Å². The quantitative estimate of drug-likeness (QED) is 0.726. The van der Waals surface area contributed by atoms with Crippen molar-refractivity contribution >= 4 is 11.3 Å². The van der Waals surface area contributed by atoms with E-state index in [0.29, 0.717) is 13.1 Å². The molecular formula is C12H17N3OS. The maximum Gasteiger partial charge on any atom is 0.0860 e. The summed E-state index contributed by atoms with van der Waals surface area (Å²) in [4.78, 5) is 1.37. The van der Waals surface area contributed by atoms with Crippen molar-refractivity contribution in [3.63, 3.8) is 0 Å². The topological polar surface area (TPSA) is 50.1 Å². The van der Waals surface area contributed by atoms with E-state index in [1.54, 1.807) is 22.2 Å². The molecule has 0 aliphatic rings. The molecule has 0 amide bonds. The first-order valence-corrected chi connectivity index (χ1v) is 6.61. The monoisotopic (exact) mass is 251 g/mol. The summed E-state index contributed by atoms with van der Waals surface area (Å²) in [7, 11) is 0. The normalized spacial score (nSPS) is 12.8. The molecular weight excluding hydrogens is 234 g/mol. The van der Waals surface area contributed by atoms with Gasteiger partial charge in [-0.05, 0) is 23.9 Å². The summed E-state index contributed by atoms with van der Waals surface area (Å²) in [5.41, 5.74) is 0. The molecule has 0 bridgehead atoms. The minimum Gasteiger partial charge on any atom is -0.390 e. The van der Waals surface area contributed by atoms with Gasteiger partial charge < -0.3 is 10.4 Å². The smallest absolute Gasteiger partial charge is 0.0860 e. The first kappa shape index (κ1) is 12.3. The van der Waals surface area contributed by atoms with E-state index in [9.17, 15) is 5.11 Å². The van der Waals surface area contributed by atoms with Gasteiger partial charge in [-0.1, -0.05) is 6.07 Å². The lowest BCUT2D eigenvalue weighted by molar-refractivity contribution is 0.147. The van der Waals surface area contributed by atoms with Crippen LogP contribution in [-0.2, 0) is 13.0 Å². The predicted molar refractivity (Wildman–Crippen MR) is 69.1 cm³/mol. The van der Waals surface area contributed by atoms with Crippen molar-refractivity contribution in [2.24, 2.45) is 0 Å². The van der Waals surface area contributed by atoms with Crippen molar-refractivity contribution in [1.29, 1.82) is 0 Å². The number of thiophene rings is 1. The summed E-state index contributed by atoms with van der Waals surface area (Å²) in [6, 6.07) is 6.05. The summed E-state index contributed by atoms with van der Waals surface area (Å²) in [5, 5.41) is 19.1. The molecule has 17 heavy (non-hydrogen) atoms. The molecule has 0 aromatic carbocycles. The lowest BCUT2D eigenvalue weighted by Gasteiger charge is -2.11. The molecule has 0 spiro atoms. The van der Waals surface area contributed by atoms with Crippen LogP contribution in [0.4, 0.5) is 0 Å². The molecule has 2 rings (SSSR count). The first-order valence-electron chi connectivity index (χ1n) is 5.73. The van der Waals surface area contributed by atoms with E-state index >= 15 is 0 Å². The molecule has 0 aliphatic carbocycles. The van der Waals surface area contributed by atoms with Gasteiger partial charge in [0.25, 0.3) is 0 Å². The van der Waals surface area contributed by atoms with E-state index in [0.717, 1.165) is 13.0 Å². The van der Waals surface area contributed by atoms with Crippen LogP contribution >= 0.6 is 11.3 Å². The van der Waals surface area contributed by atoms with Gasteiger partial charge in [0, 0.05) is 30.4 Å². The fourth-order valence-corrected chi connectivity index (χ4v) is 2.33. The number of hydrogen-bond acceptors (Lipinski definition) is 4. The molecule has 0 aliphatic heterocycles. The lowest BCUT2D eigenvalue weighted by Crippen LogP contribution is -2.31. The highest BCUT2D eigenvalue weighted by Gasteiger charge is 2.04. The van der Waals surface area contributed by atoms with Crippen molar-refractivity contribution in [2.75, 3.05) is 13.1 Å². The van der Waals surface area contributed by atoms with Gasteiger partial charge in [0.1, 0.15) is 0 Å². The van der Waals surface area contributed by atoms with E-state index in [1.165, 1.54) is 4.88 Å². The molecule has 2 N–H and O–H groups in total. The number of rotatable bonds is 7. The van der Waals surface area contributed by atoms with Gasteiger partial charge in [-0.3, -0.25) is 4.68 Å². The minimum atomic E-state index is -0.391. The lowest BCUT2D eigenvalue weighted by atomic mass is 10.3. The van der Waals surface area contributed by atoms with Gasteiger partial charge in [-0.15, -0.1) is 11.3 Å². The molecule has 2 aromatic heterocycles. The van der Waals surface area contributed by atoms with Crippen LogP contribution in [0, 0.1) is 0 Å². The Morgan fingerprint density at radius 3 is 3.12 bits per heavy atom.